The number of urea groups is 1. The molecule has 1 aromatic carbocycles. The van der Waals surface area contributed by atoms with Crippen LogP contribution in [-0.4, -0.2) is 47.3 Å². The number of carbonyl (C=O) groups is 2. The number of benzene rings is 1. The maximum atomic E-state index is 12.4. The van der Waals surface area contributed by atoms with Crippen LogP contribution in [0.5, 0.6) is 5.75 Å². The Hall–Kier alpha value is -2.37. The van der Waals surface area contributed by atoms with Gasteiger partial charge in [0.1, 0.15) is 11.8 Å². The fraction of sp³-hybridized carbons (Fsp3) is 0.438. The fourth-order valence-electron chi connectivity index (χ4n) is 2.91. The second-order valence-electron chi connectivity index (χ2n) is 5.55. The van der Waals surface area contributed by atoms with E-state index in [1.54, 1.807) is 18.9 Å². The molecule has 6 heteroatoms. The number of nitrogens with zero attached hydrogens (tertiary/aromatic N) is 3. The number of rotatable bonds is 3. The lowest BCUT2D eigenvalue weighted by molar-refractivity contribution is -0.128. The summed E-state index contributed by atoms with van der Waals surface area (Å²) in [5, 5.41) is 5.28. The van der Waals surface area contributed by atoms with Crippen molar-refractivity contribution in [2.24, 2.45) is 5.10 Å². The first-order valence-corrected chi connectivity index (χ1v) is 7.46. The molecule has 0 saturated carbocycles. The van der Waals surface area contributed by atoms with Crippen LogP contribution in [0, 0.1) is 0 Å². The van der Waals surface area contributed by atoms with Crippen molar-refractivity contribution >= 4 is 17.6 Å². The van der Waals surface area contributed by atoms with Crippen molar-refractivity contribution in [1.82, 2.24) is 9.91 Å². The van der Waals surface area contributed by atoms with Crippen molar-refractivity contribution in [2.45, 2.75) is 32.2 Å². The number of hydrogen-bond donors (Lipinski definition) is 0. The summed E-state index contributed by atoms with van der Waals surface area (Å²) in [5.74, 6) is 0.541. The molecule has 2 aliphatic heterocycles. The quantitative estimate of drug-likeness (QED) is 0.635. The van der Waals surface area contributed by atoms with Crippen LogP contribution in [0.4, 0.5) is 4.79 Å². The maximum Gasteiger partial charge on any atom is 0.348 e. The molecular formula is C16H19N3O3. The van der Waals surface area contributed by atoms with Crippen molar-refractivity contribution in [3.8, 4) is 5.75 Å². The second kappa shape index (κ2) is 5.79. The third-order valence-electron chi connectivity index (χ3n) is 4.18. The number of methoxy groups -OCH3 is 1. The van der Waals surface area contributed by atoms with Gasteiger partial charge in [-0.25, -0.2) is 4.79 Å². The van der Waals surface area contributed by atoms with Crippen LogP contribution in [0.3, 0.4) is 0 Å². The zero-order valence-corrected chi connectivity index (χ0v) is 12.8. The van der Waals surface area contributed by atoms with Gasteiger partial charge in [-0.2, -0.15) is 5.10 Å². The maximum absolute atomic E-state index is 12.4. The molecule has 0 spiro atoms. The minimum Gasteiger partial charge on any atom is -0.497 e. The Morgan fingerprint density at radius 1 is 1.23 bits per heavy atom. The summed E-state index contributed by atoms with van der Waals surface area (Å²) < 4.78 is 5.12. The molecule has 0 bridgehead atoms. The highest BCUT2D eigenvalue weighted by molar-refractivity contribution is 6.07. The molecule has 2 fully saturated rings. The molecule has 1 atom stereocenters. The summed E-state index contributed by atoms with van der Waals surface area (Å²) in [5.41, 5.74) is 1.48. The second-order valence-corrected chi connectivity index (χ2v) is 5.55. The highest BCUT2D eigenvalue weighted by Gasteiger charge is 2.46. The van der Waals surface area contributed by atoms with Gasteiger partial charge in [0.2, 0.25) is 0 Å². The van der Waals surface area contributed by atoms with Gasteiger partial charge in [-0.15, -0.1) is 5.01 Å². The van der Waals surface area contributed by atoms with E-state index in [-0.39, 0.29) is 18.0 Å². The molecule has 2 heterocycles. The molecule has 2 aliphatic rings. The number of hydrogen-bond acceptors (Lipinski definition) is 4. The Balaban J connectivity index is 1.83. The number of amides is 3. The Morgan fingerprint density at radius 2 is 1.95 bits per heavy atom. The first kappa shape index (κ1) is 14.6. The number of ether oxygens (including phenoxy) is 1. The van der Waals surface area contributed by atoms with Crippen molar-refractivity contribution in [2.75, 3.05) is 13.7 Å². The van der Waals surface area contributed by atoms with Gasteiger partial charge in [0.25, 0.3) is 5.91 Å². The molecule has 3 rings (SSSR count). The van der Waals surface area contributed by atoms with Gasteiger partial charge in [0.15, 0.2) is 0 Å². The highest BCUT2D eigenvalue weighted by atomic mass is 16.5. The van der Waals surface area contributed by atoms with E-state index < -0.39 is 0 Å². The zero-order valence-electron chi connectivity index (χ0n) is 12.8. The molecule has 1 aromatic rings. The predicted molar refractivity (Wildman–Crippen MR) is 81.8 cm³/mol. The highest BCUT2D eigenvalue weighted by Crippen LogP contribution is 2.27. The topological polar surface area (TPSA) is 62.2 Å². The van der Waals surface area contributed by atoms with E-state index >= 15 is 0 Å². The molecule has 0 aliphatic carbocycles. The van der Waals surface area contributed by atoms with Gasteiger partial charge >= 0.3 is 6.03 Å². The van der Waals surface area contributed by atoms with Gasteiger partial charge in [-0.3, -0.25) is 4.79 Å². The van der Waals surface area contributed by atoms with Crippen molar-refractivity contribution < 1.29 is 14.3 Å². The smallest absolute Gasteiger partial charge is 0.348 e. The lowest BCUT2D eigenvalue weighted by Gasteiger charge is -2.25. The standard InChI is InChI=1S/C16H19N3O3/c1-11(12-6-8-13(22-2)9-7-12)17-19-15(20)14-5-3-4-10-18(14)16(19)21/h6-9,14H,3-5,10H2,1-2H3/b17-11+/t14-/m0/s1. The SMILES string of the molecule is COc1ccc(/C(C)=N/N2C(=O)[C@@H]3CCCCN3C2=O)cc1. The van der Waals surface area contributed by atoms with E-state index in [0.717, 1.165) is 35.6 Å². The predicted octanol–water partition coefficient (Wildman–Crippen LogP) is 2.24. The molecule has 116 valence electrons. The summed E-state index contributed by atoms with van der Waals surface area (Å²) in [6.07, 6.45) is 2.66. The third-order valence-corrected chi connectivity index (χ3v) is 4.18. The molecule has 22 heavy (non-hydrogen) atoms. The van der Waals surface area contributed by atoms with Crippen LogP contribution in [0.25, 0.3) is 0 Å². The number of piperidine rings is 1. The molecule has 0 radical (unpaired) electrons. The molecule has 2 saturated heterocycles. The molecule has 0 N–H and O–H groups in total. The summed E-state index contributed by atoms with van der Waals surface area (Å²) in [6, 6.07) is 6.74. The lowest BCUT2D eigenvalue weighted by Crippen LogP contribution is -2.38. The third kappa shape index (κ3) is 2.45. The van der Waals surface area contributed by atoms with Gasteiger partial charge in [-0.1, -0.05) is 0 Å². The lowest BCUT2D eigenvalue weighted by atomic mass is 10.0. The Kier molecular flexibility index (Phi) is 3.83. The Morgan fingerprint density at radius 3 is 2.59 bits per heavy atom. The van der Waals surface area contributed by atoms with Crippen molar-refractivity contribution in [3.05, 3.63) is 29.8 Å². The van der Waals surface area contributed by atoms with Crippen LogP contribution in [0.1, 0.15) is 31.7 Å². The average molecular weight is 301 g/mol. The van der Waals surface area contributed by atoms with Crippen LogP contribution in [0.2, 0.25) is 0 Å². The van der Waals surface area contributed by atoms with Crippen molar-refractivity contribution in [3.63, 3.8) is 0 Å². The number of imide groups is 1. The van der Waals surface area contributed by atoms with Gasteiger partial charge in [-0.05, 0) is 56.0 Å². The minimum absolute atomic E-state index is 0.211. The number of hydrazone groups is 1. The van der Waals surface area contributed by atoms with Crippen LogP contribution < -0.4 is 4.74 Å². The van der Waals surface area contributed by atoms with Crippen LogP contribution in [-0.2, 0) is 4.79 Å². The fourth-order valence-corrected chi connectivity index (χ4v) is 2.91. The van der Waals surface area contributed by atoms with Crippen LogP contribution >= 0.6 is 0 Å². The largest absolute Gasteiger partial charge is 0.497 e. The van der Waals surface area contributed by atoms with E-state index in [1.807, 2.05) is 24.3 Å². The van der Waals surface area contributed by atoms with Gasteiger partial charge < -0.3 is 9.64 Å². The van der Waals surface area contributed by atoms with Crippen LogP contribution in [0.15, 0.2) is 29.4 Å². The monoisotopic (exact) mass is 301 g/mol. The summed E-state index contributed by atoms with van der Waals surface area (Å²) in [7, 11) is 1.60. The van der Waals surface area contributed by atoms with E-state index in [2.05, 4.69) is 5.10 Å². The average Bonchev–Trinajstić information content (AvgIpc) is 2.80. The molecule has 6 nitrogen and oxygen atoms in total. The van der Waals surface area contributed by atoms with E-state index in [4.69, 9.17) is 4.74 Å². The summed E-state index contributed by atoms with van der Waals surface area (Å²) >= 11 is 0. The van der Waals surface area contributed by atoms with Gasteiger partial charge in [0.05, 0.1) is 12.8 Å². The molecular weight excluding hydrogens is 282 g/mol. The Labute approximate surface area is 129 Å². The number of carbonyl (C=O) groups excluding carboxylic acids is 2. The van der Waals surface area contributed by atoms with E-state index in [1.165, 1.54) is 0 Å². The summed E-state index contributed by atoms with van der Waals surface area (Å²) in [6.45, 7) is 2.43. The van der Waals surface area contributed by atoms with Gasteiger partial charge in [0, 0.05) is 6.54 Å². The molecule has 3 amide bonds. The number of fused-ring (bicyclic) bond motifs is 1. The van der Waals surface area contributed by atoms with E-state index in [0.29, 0.717) is 12.3 Å². The van der Waals surface area contributed by atoms with E-state index in [9.17, 15) is 9.59 Å². The first-order chi connectivity index (χ1) is 10.6. The Bertz CT molecular complexity index is 600. The molecule has 0 unspecified atom stereocenters. The summed E-state index contributed by atoms with van der Waals surface area (Å²) in [4.78, 5) is 26.3. The van der Waals surface area contributed by atoms with Crippen molar-refractivity contribution in [1.29, 1.82) is 0 Å². The molecule has 0 aromatic heterocycles. The normalized spacial score (nSPS) is 22.1. The first-order valence-electron chi connectivity index (χ1n) is 7.46. The minimum atomic E-state index is -0.325. The zero-order chi connectivity index (χ0) is 15.7.